The van der Waals surface area contributed by atoms with Gasteiger partial charge >= 0.3 is 0 Å². The Bertz CT molecular complexity index is 461. The van der Waals surface area contributed by atoms with Crippen molar-refractivity contribution in [3.63, 3.8) is 0 Å². The number of rotatable bonds is 5. The molecule has 1 aromatic carbocycles. The second kappa shape index (κ2) is 6.15. The van der Waals surface area contributed by atoms with Gasteiger partial charge < -0.3 is 10.0 Å². The molecule has 0 amide bonds. The summed E-state index contributed by atoms with van der Waals surface area (Å²) in [6, 6.07) is 5.00. The van der Waals surface area contributed by atoms with E-state index >= 15 is 0 Å². The van der Waals surface area contributed by atoms with Crippen molar-refractivity contribution in [1.29, 1.82) is 0 Å². The van der Waals surface area contributed by atoms with E-state index in [1.165, 1.54) is 13.0 Å². The number of carbonyl (C=O) groups excluding carboxylic acids is 1. The number of anilines is 1. The molecular formula is C15H20FNO2. The van der Waals surface area contributed by atoms with Crippen LogP contribution in [-0.2, 0) is 0 Å². The Morgan fingerprint density at radius 3 is 2.95 bits per heavy atom. The number of aliphatic hydroxyl groups is 1. The van der Waals surface area contributed by atoms with Crippen LogP contribution in [0, 0.1) is 5.82 Å². The first kappa shape index (κ1) is 14.0. The molecule has 1 aliphatic heterocycles. The summed E-state index contributed by atoms with van der Waals surface area (Å²) in [6.45, 7) is 2.46. The maximum Gasteiger partial charge on any atom is 0.159 e. The second-order valence-electron chi connectivity index (χ2n) is 5.08. The average molecular weight is 265 g/mol. The zero-order chi connectivity index (χ0) is 13.8. The van der Waals surface area contributed by atoms with Crippen molar-refractivity contribution in [3.05, 3.63) is 29.6 Å². The largest absolute Gasteiger partial charge is 0.396 e. The van der Waals surface area contributed by atoms with Gasteiger partial charge in [0.05, 0.1) is 5.69 Å². The van der Waals surface area contributed by atoms with Crippen molar-refractivity contribution in [1.82, 2.24) is 0 Å². The van der Waals surface area contributed by atoms with Gasteiger partial charge in [-0.1, -0.05) is 0 Å². The van der Waals surface area contributed by atoms with E-state index in [0.717, 1.165) is 32.2 Å². The summed E-state index contributed by atoms with van der Waals surface area (Å²) in [6.07, 6.45) is 3.70. The normalized spacial score (nSPS) is 18.9. The first-order valence-electron chi connectivity index (χ1n) is 6.81. The molecule has 0 spiro atoms. The Morgan fingerprint density at radius 1 is 1.53 bits per heavy atom. The Kier molecular flexibility index (Phi) is 4.53. The molecule has 0 bridgehead atoms. The molecule has 1 fully saturated rings. The lowest BCUT2D eigenvalue weighted by Gasteiger charge is -2.27. The molecule has 0 aromatic heterocycles. The van der Waals surface area contributed by atoms with E-state index in [1.807, 2.05) is 0 Å². The molecule has 1 saturated heterocycles. The summed E-state index contributed by atoms with van der Waals surface area (Å²) in [7, 11) is 0. The number of benzene rings is 1. The summed E-state index contributed by atoms with van der Waals surface area (Å²) >= 11 is 0. The minimum atomic E-state index is -0.330. The fourth-order valence-corrected chi connectivity index (χ4v) is 2.74. The highest BCUT2D eigenvalue weighted by molar-refractivity contribution is 5.94. The number of nitrogens with zero attached hydrogens (tertiary/aromatic N) is 1. The predicted octanol–water partition coefficient (Wildman–Crippen LogP) is 2.77. The molecule has 3 nitrogen and oxygen atoms in total. The Hall–Kier alpha value is -1.42. The molecule has 1 N–H and O–H groups in total. The quantitative estimate of drug-likeness (QED) is 0.832. The lowest BCUT2D eigenvalue weighted by Crippen LogP contribution is -2.30. The highest BCUT2D eigenvalue weighted by Gasteiger charge is 2.26. The third-order valence-corrected chi connectivity index (χ3v) is 3.74. The van der Waals surface area contributed by atoms with E-state index in [-0.39, 0.29) is 18.2 Å². The minimum Gasteiger partial charge on any atom is -0.396 e. The van der Waals surface area contributed by atoms with Crippen LogP contribution in [-0.4, -0.2) is 30.1 Å². The number of ketones is 1. The fourth-order valence-electron chi connectivity index (χ4n) is 2.74. The van der Waals surface area contributed by atoms with Crippen LogP contribution in [0.1, 0.15) is 43.0 Å². The molecule has 0 aliphatic carbocycles. The van der Waals surface area contributed by atoms with Crippen LogP contribution in [0.25, 0.3) is 0 Å². The maximum atomic E-state index is 14.1. The molecule has 1 aromatic rings. The summed E-state index contributed by atoms with van der Waals surface area (Å²) < 4.78 is 14.1. The maximum absolute atomic E-state index is 14.1. The van der Waals surface area contributed by atoms with Crippen LogP contribution in [0.5, 0.6) is 0 Å². The molecule has 0 saturated carbocycles. The summed E-state index contributed by atoms with van der Waals surface area (Å²) in [5.74, 6) is -0.452. The van der Waals surface area contributed by atoms with E-state index in [4.69, 9.17) is 5.11 Å². The van der Waals surface area contributed by atoms with E-state index in [2.05, 4.69) is 4.90 Å². The first-order valence-corrected chi connectivity index (χ1v) is 6.81. The predicted molar refractivity (Wildman–Crippen MR) is 73.1 cm³/mol. The Balaban J connectivity index is 2.18. The van der Waals surface area contributed by atoms with Crippen LogP contribution in [0.4, 0.5) is 10.1 Å². The number of carbonyl (C=O) groups is 1. The van der Waals surface area contributed by atoms with Gasteiger partial charge in [0.2, 0.25) is 0 Å². The molecule has 104 valence electrons. The Labute approximate surface area is 113 Å². The Morgan fingerprint density at radius 2 is 2.32 bits per heavy atom. The highest BCUT2D eigenvalue weighted by Crippen LogP contribution is 2.30. The van der Waals surface area contributed by atoms with E-state index in [1.54, 1.807) is 12.1 Å². The third kappa shape index (κ3) is 3.13. The van der Waals surface area contributed by atoms with Gasteiger partial charge in [0.25, 0.3) is 0 Å². The SMILES string of the molecule is CC(=O)c1ccc(N2CCCC2CCCO)c(F)c1. The van der Waals surface area contributed by atoms with Crippen molar-refractivity contribution >= 4 is 11.5 Å². The zero-order valence-electron chi connectivity index (χ0n) is 11.2. The van der Waals surface area contributed by atoms with E-state index < -0.39 is 0 Å². The summed E-state index contributed by atoms with van der Waals surface area (Å²) in [4.78, 5) is 13.3. The van der Waals surface area contributed by atoms with Crippen molar-refractivity contribution in [2.24, 2.45) is 0 Å². The van der Waals surface area contributed by atoms with Crippen molar-refractivity contribution in [2.75, 3.05) is 18.1 Å². The molecule has 2 rings (SSSR count). The molecule has 4 heteroatoms. The van der Waals surface area contributed by atoms with E-state index in [0.29, 0.717) is 17.3 Å². The monoisotopic (exact) mass is 265 g/mol. The van der Waals surface area contributed by atoms with Gasteiger partial charge in [-0.25, -0.2) is 4.39 Å². The summed E-state index contributed by atoms with van der Waals surface area (Å²) in [5, 5.41) is 8.91. The lowest BCUT2D eigenvalue weighted by molar-refractivity contribution is 0.101. The van der Waals surface area contributed by atoms with Crippen LogP contribution in [0.2, 0.25) is 0 Å². The average Bonchev–Trinajstić information content (AvgIpc) is 2.84. The van der Waals surface area contributed by atoms with Crippen LogP contribution >= 0.6 is 0 Å². The van der Waals surface area contributed by atoms with Gasteiger partial charge in [-0.3, -0.25) is 4.79 Å². The third-order valence-electron chi connectivity index (χ3n) is 3.74. The highest BCUT2D eigenvalue weighted by atomic mass is 19.1. The van der Waals surface area contributed by atoms with Gasteiger partial charge in [0.1, 0.15) is 5.82 Å². The van der Waals surface area contributed by atoms with Gasteiger partial charge in [0, 0.05) is 24.8 Å². The second-order valence-corrected chi connectivity index (χ2v) is 5.08. The molecule has 1 unspecified atom stereocenters. The number of hydrogen-bond acceptors (Lipinski definition) is 3. The molecule has 0 radical (unpaired) electrons. The standard InChI is InChI=1S/C15H20FNO2/c1-11(19)12-6-7-15(14(16)10-12)17-8-2-4-13(17)5-3-9-18/h6-7,10,13,18H,2-5,8-9H2,1H3. The van der Waals surface area contributed by atoms with Crippen LogP contribution < -0.4 is 4.90 Å². The van der Waals surface area contributed by atoms with Crippen molar-refractivity contribution in [3.8, 4) is 0 Å². The van der Waals surface area contributed by atoms with Crippen LogP contribution in [0.3, 0.4) is 0 Å². The molecule has 19 heavy (non-hydrogen) atoms. The van der Waals surface area contributed by atoms with E-state index in [9.17, 15) is 9.18 Å². The lowest BCUT2D eigenvalue weighted by atomic mass is 10.1. The minimum absolute atomic E-state index is 0.122. The summed E-state index contributed by atoms with van der Waals surface area (Å²) in [5.41, 5.74) is 0.984. The number of aliphatic hydroxyl groups excluding tert-OH is 1. The molecular weight excluding hydrogens is 245 g/mol. The number of halogens is 1. The van der Waals surface area contributed by atoms with Crippen molar-refractivity contribution in [2.45, 2.75) is 38.6 Å². The van der Waals surface area contributed by atoms with Crippen molar-refractivity contribution < 1.29 is 14.3 Å². The first-order chi connectivity index (χ1) is 9.13. The molecule has 1 aliphatic rings. The number of Topliss-reactive ketones (excluding diaryl/α,β-unsaturated/α-hetero) is 1. The van der Waals surface area contributed by atoms with Gasteiger partial charge in [0.15, 0.2) is 5.78 Å². The smallest absolute Gasteiger partial charge is 0.159 e. The molecule has 1 heterocycles. The van der Waals surface area contributed by atoms with Gasteiger partial charge in [-0.15, -0.1) is 0 Å². The molecule has 1 atom stereocenters. The topological polar surface area (TPSA) is 40.5 Å². The van der Waals surface area contributed by atoms with Gasteiger partial charge in [-0.2, -0.15) is 0 Å². The zero-order valence-corrected chi connectivity index (χ0v) is 11.2. The van der Waals surface area contributed by atoms with Gasteiger partial charge in [-0.05, 0) is 50.8 Å². The number of hydrogen-bond donors (Lipinski definition) is 1. The fraction of sp³-hybridized carbons (Fsp3) is 0.533. The van der Waals surface area contributed by atoms with Crippen LogP contribution in [0.15, 0.2) is 18.2 Å².